The summed E-state index contributed by atoms with van der Waals surface area (Å²) < 4.78 is 11.6. The van der Waals surface area contributed by atoms with Crippen LogP contribution in [0.5, 0.6) is 11.5 Å². The molecule has 1 amide bonds. The fourth-order valence-corrected chi connectivity index (χ4v) is 2.76. The maximum absolute atomic E-state index is 12.2. The van der Waals surface area contributed by atoms with E-state index in [1.165, 1.54) is 0 Å². The second-order valence-electron chi connectivity index (χ2n) is 7.56. The lowest BCUT2D eigenvalue weighted by atomic mass is 9.86. The summed E-state index contributed by atoms with van der Waals surface area (Å²) in [7, 11) is 0. The van der Waals surface area contributed by atoms with Crippen molar-refractivity contribution in [3.8, 4) is 11.5 Å². The van der Waals surface area contributed by atoms with E-state index in [1.807, 2.05) is 31.2 Å². The van der Waals surface area contributed by atoms with Crippen molar-refractivity contribution in [3.63, 3.8) is 0 Å². The number of ether oxygens (including phenoxy) is 2. The summed E-state index contributed by atoms with van der Waals surface area (Å²) in [5.41, 5.74) is 2.05. The second kappa shape index (κ2) is 9.14. The smallest absolute Gasteiger partial charge is 0.260 e. The Bertz CT molecular complexity index is 783. The van der Waals surface area contributed by atoms with Gasteiger partial charge in [0.05, 0.1) is 6.54 Å². The number of carbonyl (C=O) groups excluding carboxylic acids is 1. The molecule has 0 aromatic heterocycles. The van der Waals surface area contributed by atoms with Gasteiger partial charge in [-0.25, -0.2) is 0 Å². The van der Waals surface area contributed by atoms with Crippen molar-refractivity contribution in [1.29, 1.82) is 0 Å². The summed E-state index contributed by atoms with van der Waals surface area (Å²) in [4.78, 5) is 12.2. The summed E-state index contributed by atoms with van der Waals surface area (Å²) in [6.07, 6.45) is -0.604. The highest BCUT2D eigenvalue weighted by Crippen LogP contribution is 2.30. The van der Waals surface area contributed by atoms with Gasteiger partial charge in [0, 0.05) is 5.02 Å². The maximum atomic E-state index is 12.2. The molecule has 0 bridgehead atoms. The SMILES string of the molecule is Cc1cc(O[C@@H](C)C(=O)NCCOc2ccccc2C(C)(C)C)ccc1Cl. The van der Waals surface area contributed by atoms with Crippen molar-refractivity contribution in [1.82, 2.24) is 5.32 Å². The third-order valence-corrected chi connectivity index (χ3v) is 4.59. The number of hydrogen-bond donors (Lipinski definition) is 1. The van der Waals surface area contributed by atoms with E-state index >= 15 is 0 Å². The predicted octanol–water partition coefficient (Wildman–Crippen LogP) is 4.91. The zero-order chi connectivity index (χ0) is 20.0. The summed E-state index contributed by atoms with van der Waals surface area (Å²) >= 11 is 6.01. The van der Waals surface area contributed by atoms with E-state index < -0.39 is 6.10 Å². The van der Waals surface area contributed by atoms with Gasteiger partial charge in [-0.05, 0) is 54.7 Å². The maximum Gasteiger partial charge on any atom is 0.260 e. The van der Waals surface area contributed by atoms with Gasteiger partial charge in [-0.15, -0.1) is 0 Å². The molecule has 1 N–H and O–H groups in total. The number of nitrogens with one attached hydrogen (secondary N) is 1. The summed E-state index contributed by atoms with van der Waals surface area (Å²) in [5.74, 6) is 1.28. The molecule has 0 aliphatic heterocycles. The van der Waals surface area contributed by atoms with E-state index in [0.29, 0.717) is 23.9 Å². The highest BCUT2D eigenvalue weighted by Gasteiger charge is 2.18. The Kier molecular flexibility index (Phi) is 7.14. The van der Waals surface area contributed by atoms with E-state index in [1.54, 1.807) is 19.1 Å². The van der Waals surface area contributed by atoms with Crippen molar-refractivity contribution in [2.45, 2.75) is 46.1 Å². The molecule has 27 heavy (non-hydrogen) atoms. The van der Waals surface area contributed by atoms with Crippen LogP contribution in [0.25, 0.3) is 0 Å². The van der Waals surface area contributed by atoms with Crippen LogP contribution in [0.3, 0.4) is 0 Å². The van der Waals surface area contributed by atoms with E-state index in [9.17, 15) is 4.79 Å². The molecule has 4 nitrogen and oxygen atoms in total. The van der Waals surface area contributed by atoms with Gasteiger partial charge in [-0.3, -0.25) is 4.79 Å². The molecule has 0 spiro atoms. The summed E-state index contributed by atoms with van der Waals surface area (Å²) in [6, 6.07) is 13.3. The fraction of sp³-hybridized carbons (Fsp3) is 0.409. The molecule has 0 aliphatic carbocycles. The van der Waals surface area contributed by atoms with Crippen LogP contribution in [0.1, 0.15) is 38.8 Å². The number of aryl methyl sites for hydroxylation is 1. The third kappa shape index (κ3) is 6.17. The first-order valence-corrected chi connectivity index (χ1v) is 9.49. The quantitative estimate of drug-likeness (QED) is 0.684. The number of benzene rings is 2. The van der Waals surface area contributed by atoms with Gasteiger partial charge in [0.2, 0.25) is 0 Å². The largest absolute Gasteiger partial charge is 0.491 e. The molecular weight excluding hydrogens is 362 g/mol. The molecule has 5 heteroatoms. The van der Waals surface area contributed by atoms with Gasteiger partial charge in [0.15, 0.2) is 6.10 Å². The lowest BCUT2D eigenvalue weighted by Crippen LogP contribution is -2.38. The molecule has 2 aromatic carbocycles. The van der Waals surface area contributed by atoms with Crippen LogP contribution in [0, 0.1) is 6.92 Å². The van der Waals surface area contributed by atoms with E-state index in [0.717, 1.165) is 16.9 Å². The molecule has 2 rings (SSSR count). The Balaban J connectivity index is 1.81. The summed E-state index contributed by atoms with van der Waals surface area (Å²) in [5, 5.41) is 3.52. The Labute approximate surface area is 166 Å². The zero-order valence-corrected chi connectivity index (χ0v) is 17.4. The number of halogens is 1. The molecular formula is C22H28ClNO3. The molecule has 146 valence electrons. The molecule has 0 heterocycles. The minimum Gasteiger partial charge on any atom is -0.491 e. The highest BCUT2D eigenvalue weighted by atomic mass is 35.5. The molecule has 1 atom stereocenters. The van der Waals surface area contributed by atoms with Gasteiger partial charge < -0.3 is 14.8 Å². The standard InChI is InChI=1S/C22H28ClNO3/c1-15-14-17(10-11-19(15)23)27-16(2)21(25)24-12-13-26-20-9-7-6-8-18(20)22(3,4)5/h6-11,14,16H,12-13H2,1-5H3,(H,24,25)/t16-/m0/s1. The highest BCUT2D eigenvalue weighted by molar-refractivity contribution is 6.31. The van der Waals surface area contributed by atoms with Crippen LogP contribution < -0.4 is 14.8 Å². The van der Waals surface area contributed by atoms with Crippen LogP contribution in [0.15, 0.2) is 42.5 Å². The van der Waals surface area contributed by atoms with Crippen LogP contribution in [-0.4, -0.2) is 25.2 Å². The summed E-state index contributed by atoms with van der Waals surface area (Å²) in [6.45, 7) is 10.9. The third-order valence-electron chi connectivity index (χ3n) is 4.17. The van der Waals surface area contributed by atoms with Crippen LogP contribution in [0.4, 0.5) is 0 Å². The average Bonchev–Trinajstić information content (AvgIpc) is 2.61. The molecule has 0 fully saturated rings. The van der Waals surface area contributed by atoms with Crippen molar-refractivity contribution >= 4 is 17.5 Å². The van der Waals surface area contributed by atoms with Crippen molar-refractivity contribution in [2.24, 2.45) is 0 Å². The molecule has 0 aliphatic rings. The Morgan fingerprint density at radius 1 is 1.19 bits per heavy atom. The molecule has 0 saturated heterocycles. The zero-order valence-electron chi connectivity index (χ0n) is 16.6. The molecule has 2 aromatic rings. The Morgan fingerprint density at radius 3 is 2.56 bits per heavy atom. The fourth-order valence-electron chi connectivity index (χ4n) is 2.64. The number of hydrogen-bond acceptors (Lipinski definition) is 3. The van der Waals surface area contributed by atoms with Crippen LogP contribution in [0.2, 0.25) is 5.02 Å². The first-order chi connectivity index (χ1) is 12.7. The van der Waals surface area contributed by atoms with Gasteiger partial charge in [-0.1, -0.05) is 50.6 Å². The first-order valence-electron chi connectivity index (χ1n) is 9.11. The van der Waals surface area contributed by atoms with Crippen LogP contribution in [-0.2, 0) is 10.2 Å². The monoisotopic (exact) mass is 389 g/mol. The first kappa shape index (κ1) is 21.1. The van der Waals surface area contributed by atoms with E-state index in [2.05, 4.69) is 32.2 Å². The van der Waals surface area contributed by atoms with Crippen molar-refractivity contribution in [2.75, 3.05) is 13.2 Å². The Morgan fingerprint density at radius 2 is 1.89 bits per heavy atom. The minimum atomic E-state index is -0.604. The minimum absolute atomic E-state index is 0.00108. The van der Waals surface area contributed by atoms with Crippen molar-refractivity contribution < 1.29 is 14.3 Å². The van der Waals surface area contributed by atoms with Crippen molar-refractivity contribution in [3.05, 3.63) is 58.6 Å². The lowest BCUT2D eigenvalue weighted by molar-refractivity contribution is -0.127. The topological polar surface area (TPSA) is 47.6 Å². The van der Waals surface area contributed by atoms with Crippen LogP contribution >= 0.6 is 11.6 Å². The van der Waals surface area contributed by atoms with E-state index in [4.69, 9.17) is 21.1 Å². The number of carbonyl (C=O) groups is 1. The second-order valence-corrected chi connectivity index (χ2v) is 7.96. The number of rotatable bonds is 7. The normalized spacial score (nSPS) is 12.4. The number of para-hydroxylation sites is 1. The number of amides is 1. The molecule has 0 radical (unpaired) electrons. The van der Waals surface area contributed by atoms with Gasteiger partial charge in [-0.2, -0.15) is 0 Å². The van der Waals surface area contributed by atoms with E-state index in [-0.39, 0.29) is 11.3 Å². The van der Waals surface area contributed by atoms with Gasteiger partial charge in [0.25, 0.3) is 5.91 Å². The Hall–Kier alpha value is -2.20. The van der Waals surface area contributed by atoms with Gasteiger partial charge >= 0.3 is 0 Å². The average molecular weight is 390 g/mol. The molecule has 0 unspecified atom stereocenters. The lowest BCUT2D eigenvalue weighted by Gasteiger charge is -2.22. The van der Waals surface area contributed by atoms with Gasteiger partial charge in [0.1, 0.15) is 18.1 Å². The molecule has 0 saturated carbocycles. The predicted molar refractivity (Wildman–Crippen MR) is 110 cm³/mol.